The van der Waals surface area contributed by atoms with E-state index in [-0.39, 0.29) is 5.91 Å². The number of rotatable bonds is 1. The predicted octanol–water partition coefficient (Wildman–Crippen LogP) is 2.40. The van der Waals surface area contributed by atoms with Crippen molar-refractivity contribution in [3.8, 4) is 0 Å². The quantitative estimate of drug-likeness (QED) is 0.857. The first-order chi connectivity index (χ1) is 8.99. The number of amides is 3. The third kappa shape index (κ3) is 2.96. The van der Waals surface area contributed by atoms with Crippen LogP contribution in [0.5, 0.6) is 0 Å². The lowest BCUT2D eigenvalue weighted by Gasteiger charge is -2.11. The maximum atomic E-state index is 11.9. The molecule has 1 aliphatic rings. The predicted molar refractivity (Wildman–Crippen MR) is 77.6 cm³/mol. The number of amidine groups is 1. The molecular formula is C13H15N3O2S. The second-order valence-electron chi connectivity index (χ2n) is 4.33. The van der Waals surface area contributed by atoms with Crippen LogP contribution in [0.3, 0.4) is 0 Å². The van der Waals surface area contributed by atoms with Gasteiger partial charge in [-0.05, 0) is 25.0 Å². The Morgan fingerprint density at radius 3 is 2.53 bits per heavy atom. The van der Waals surface area contributed by atoms with Crippen LogP contribution in [0.2, 0.25) is 0 Å². The molecule has 1 N–H and O–H groups in total. The van der Waals surface area contributed by atoms with Crippen molar-refractivity contribution in [3.05, 3.63) is 29.3 Å². The monoisotopic (exact) mass is 277 g/mol. The van der Waals surface area contributed by atoms with Crippen LogP contribution in [0.25, 0.3) is 0 Å². The first-order valence-electron chi connectivity index (χ1n) is 5.84. The Hall–Kier alpha value is -1.82. The lowest BCUT2D eigenvalue weighted by molar-refractivity contribution is -0.123. The first kappa shape index (κ1) is 13.6. The van der Waals surface area contributed by atoms with Gasteiger partial charge >= 0.3 is 6.03 Å². The number of aliphatic imine (C=N–C) groups is 1. The van der Waals surface area contributed by atoms with E-state index in [0.717, 1.165) is 16.8 Å². The number of hydrogen-bond donors (Lipinski definition) is 1. The minimum Gasteiger partial charge on any atom is -0.305 e. The van der Waals surface area contributed by atoms with E-state index in [0.29, 0.717) is 10.9 Å². The lowest BCUT2D eigenvalue weighted by atomic mass is 10.1. The highest BCUT2D eigenvalue weighted by atomic mass is 32.2. The number of thioether (sulfide) groups is 1. The van der Waals surface area contributed by atoms with Crippen LogP contribution >= 0.6 is 11.8 Å². The van der Waals surface area contributed by atoms with Crippen LogP contribution in [-0.2, 0) is 4.79 Å². The Labute approximate surface area is 116 Å². The number of hydrogen-bond acceptors (Lipinski definition) is 3. The average molecular weight is 277 g/mol. The molecule has 0 bridgehead atoms. The van der Waals surface area contributed by atoms with E-state index >= 15 is 0 Å². The molecule has 0 aliphatic carbocycles. The lowest BCUT2D eigenvalue weighted by Crippen LogP contribution is -2.25. The Morgan fingerprint density at radius 1 is 1.37 bits per heavy atom. The Balaban J connectivity index is 2.14. The van der Waals surface area contributed by atoms with Crippen LogP contribution in [0.1, 0.15) is 11.1 Å². The number of benzene rings is 1. The van der Waals surface area contributed by atoms with E-state index < -0.39 is 6.03 Å². The number of urea groups is 1. The van der Waals surface area contributed by atoms with E-state index in [1.54, 1.807) is 7.05 Å². The summed E-state index contributed by atoms with van der Waals surface area (Å²) in [5.74, 6) is 0.301. The second-order valence-corrected chi connectivity index (χ2v) is 5.28. The first-order valence-corrected chi connectivity index (χ1v) is 6.83. The summed E-state index contributed by atoms with van der Waals surface area (Å²) < 4.78 is 0. The van der Waals surface area contributed by atoms with Crippen molar-refractivity contribution < 1.29 is 9.59 Å². The highest BCUT2D eigenvalue weighted by molar-refractivity contribution is 8.15. The van der Waals surface area contributed by atoms with Crippen molar-refractivity contribution in [1.82, 2.24) is 4.90 Å². The van der Waals surface area contributed by atoms with E-state index in [9.17, 15) is 9.59 Å². The normalized spacial score (nSPS) is 17.1. The van der Waals surface area contributed by atoms with Crippen molar-refractivity contribution in [2.24, 2.45) is 4.99 Å². The summed E-state index contributed by atoms with van der Waals surface area (Å²) in [5.41, 5.74) is 2.74. The zero-order chi connectivity index (χ0) is 14.0. The summed E-state index contributed by atoms with van der Waals surface area (Å²) in [7, 11) is 1.62. The zero-order valence-electron chi connectivity index (χ0n) is 11.1. The van der Waals surface area contributed by atoms with E-state index in [1.807, 2.05) is 32.0 Å². The summed E-state index contributed by atoms with van der Waals surface area (Å²) in [6.07, 6.45) is 0. The topological polar surface area (TPSA) is 61.8 Å². The van der Waals surface area contributed by atoms with Crippen LogP contribution in [-0.4, -0.2) is 34.8 Å². The minimum atomic E-state index is -0.457. The van der Waals surface area contributed by atoms with Crippen LogP contribution < -0.4 is 5.32 Å². The van der Waals surface area contributed by atoms with Gasteiger partial charge < -0.3 is 5.32 Å². The molecule has 0 radical (unpaired) electrons. The summed E-state index contributed by atoms with van der Waals surface area (Å²) in [4.78, 5) is 28.5. The summed E-state index contributed by atoms with van der Waals surface area (Å²) in [5, 5.41) is 3.20. The molecule has 1 aromatic carbocycles. The molecule has 0 atom stereocenters. The second kappa shape index (κ2) is 5.44. The number of carbonyl (C=O) groups is 2. The van der Waals surface area contributed by atoms with Crippen molar-refractivity contribution in [1.29, 1.82) is 0 Å². The molecule has 3 amide bonds. The molecule has 1 aliphatic heterocycles. The number of anilines is 1. The van der Waals surface area contributed by atoms with Gasteiger partial charge in [-0.3, -0.25) is 9.69 Å². The average Bonchev–Trinajstić information content (AvgIpc) is 2.66. The van der Waals surface area contributed by atoms with Gasteiger partial charge in [0, 0.05) is 12.7 Å². The van der Waals surface area contributed by atoms with Gasteiger partial charge in [-0.15, -0.1) is 0 Å². The molecule has 0 aromatic heterocycles. The number of carbonyl (C=O) groups excluding carboxylic acids is 2. The molecule has 0 saturated carbocycles. The smallest absolute Gasteiger partial charge is 0.305 e. The molecule has 2 rings (SSSR count). The zero-order valence-corrected chi connectivity index (χ0v) is 11.9. The van der Waals surface area contributed by atoms with Gasteiger partial charge in [0.05, 0.1) is 5.75 Å². The van der Waals surface area contributed by atoms with Crippen LogP contribution in [0, 0.1) is 13.8 Å². The van der Waals surface area contributed by atoms with Crippen molar-refractivity contribution in [2.75, 3.05) is 18.1 Å². The largest absolute Gasteiger partial charge is 0.347 e. The molecule has 1 aromatic rings. The molecular weight excluding hydrogens is 262 g/mol. The number of para-hydroxylation sites is 1. The maximum Gasteiger partial charge on any atom is 0.347 e. The fourth-order valence-corrected chi connectivity index (χ4v) is 2.66. The highest BCUT2D eigenvalue weighted by Gasteiger charge is 2.25. The maximum absolute atomic E-state index is 11.9. The van der Waals surface area contributed by atoms with Crippen LogP contribution in [0.4, 0.5) is 10.5 Å². The fourth-order valence-electron chi connectivity index (χ4n) is 1.77. The van der Waals surface area contributed by atoms with Crippen LogP contribution in [0.15, 0.2) is 23.2 Å². The molecule has 5 nitrogen and oxygen atoms in total. The molecule has 100 valence electrons. The van der Waals surface area contributed by atoms with Gasteiger partial charge in [-0.2, -0.15) is 4.99 Å². The van der Waals surface area contributed by atoms with Gasteiger partial charge in [0.15, 0.2) is 5.17 Å². The van der Waals surface area contributed by atoms with Gasteiger partial charge in [-0.25, -0.2) is 4.79 Å². The number of nitrogens with one attached hydrogen (secondary N) is 1. The van der Waals surface area contributed by atoms with E-state index in [1.165, 1.54) is 16.7 Å². The van der Waals surface area contributed by atoms with Gasteiger partial charge in [0.1, 0.15) is 0 Å². The van der Waals surface area contributed by atoms with Gasteiger partial charge in [-0.1, -0.05) is 30.0 Å². The Kier molecular flexibility index (Phi) is 3.90. The SMILES string of the molecule is Cc1cccc(C)c1NC(=O)N=C1SCC(=O)N1C. The summed E-state index contributed by atoms with van der Waals surface area (Å²) in [6.45, 7) is 3.85. The Morgan fingerprint density at radius 2 is 2.00 bits per heavy atom. The molecule has 0 unspecified atom stereocenters. The third-order valence-electron chi connectivity index (χ3n) is 2.90. The van der Waals surface area contributed by atoms with Gasteiger partial charge in [0.25, 0.3) is 0 Å². The number of aryl methyl sites for hydroxylation is 2. The van der Waals surface area contributed by atoms with Crippen molar-refractivity contribution >= 4 is 34.6 Å². The molecule has 19 heavy (non-hydrogen) atoms. The van der Waals surface area contributed by atoms with Gasteiger partial charge in [0.2, 0.25) is 5.91 Å². The highest BCUT2D eigenvalue weighted by Crippen LogP contribution is 2.21. The van der Waals surface area contributed by atoms with Crippen molar-refractivity contribution in [3.63, 3.8) is 0 Å². The molecule has 1 saturated heterocycles. The summed E-state index contributed by atoms with van der Waals surface area (Å²) >= 11 is 1.27. The minimum absolute atomic E-state index is 0.0383. The number of nitrogens with zero attached hydrogens (tertiary/aromatic N) is 2. The van der Waals surface area contributed by atoms with E-state index in [2.05, 4.69) is 10.3 Å². The third-order valence-corrected chi connectivity index (χ3v) is 3.91. The molecule has 0 spiro atoms. The molecule has 6 heteroatoms. The standard InChI is InChI=1S/C13H15N3O2S/c1-8-5-4-6-9(2)11(8)14-12(18)15-13-16(3)10(17)7-19-13/h4-6H,7H2,1-3H3,(H,14,18). The Bertz CT molecular complexity index is 549. The fraction of sp³-hybridized carbons (Fsp3) is 0.308. The molecule has 1 fully saturated rings. The van der Waals surface area contributed by atoms with Crippen molar-refractivity contribution in [2.45, 2.75) is 13.8 Å². The molecule has 1 heterocycles. The van der Waals surface area contributed by atoms with E-state index in [4.69, 9.17) is 0 Å². The summed E-state index contributed by atoms with van der Waals surface area (Å²) in [6, 6.07) is 5.33.